The van der Waals surface area contributed by atoms with E-state index in [4.69, 9.17) is 0 Å². The van der Waals surface area contributed by atoms with Crippen molar-refractivity contribution in [2.75, 3.05) is 0 Å². The van der Waals surface area contributed by atoms with E-state index in [2.05, 4.69) is 15.2 Å². The lowest BCUT2D eigenvalue weighted by atomic mass is 10.1. The fraction of sp³-hybridized carbons (Fsp3) is 0.444. The number of hydrogen-bond donors (Lipinski definition) is 1. The van der Waals surface area contributed by atoms with Gasteiger partial charge in [-0.3, -0.25) is 9.48 Å². The molecule has 2 atom stereocenters. The minimum atomic E-state index is -2.82. The van der Waals surface area contributed by atoms with Crippen molar-refractivity contribution >= 4 is 5.91 Å². The molecule has 2 saturated carbocycles. The molecule has 0 spiro atoms. The molecule has 7 heteroatoms. The standard InChI is InChI=1S/C18H19F2N3O2/c1-23-9-14(16(22-23)11-2-3-11)17(24)21-15-8-13(15)10-4-6-12(7-5-10)25-18(19)20/h4-7,9,11,13,15,18H,2-3,8H2,1H3,(H,21,24)/t13-,15+/m0/s1. The number of carbonyl (C=O) groups is 1. The van der Waals surface area contributed by atoms with Crippen LogP contribution in [0.4, 0.5) is 8.78 Å². The molecule has 2 fully saturated rings. The van der Waals surface area contributed by atoms with Gasteiger partial charge in [0.2, 0.25) is 0 Å². The predicted octanol–water partition coefficient (Wildman–Crippen LogP) is 3.18. The summed E-state index contributed by atoms with van der Waals surface area (Å²) in [5, 5.41) is 7.47. The number of nitrogens with one attached hydrogen (secondary N) is 1. The Balaban J connectivity index is 1.38. The van der Waals surface area contributed by atoms with Gasteiger partial charge in [-0.1, -0.05) is 12.1 Å². The van der Waals surface area contributed by atoms with Gasteiger partial charge in [-0.25, -0.2) is 0 Å². The highest BCUT2D eigenvalue weighted by Gasteiger charge is 2.40. The maximum absolute atomic E-state index is 12.5. The van der Waals surface area contributed by atoms with E-state index in [1.807, 2.05) is 7.05 Å². The zero-order valence-corrected chi connectivity index (χ0v) is 13.8. The molecule has 132 valence electrons. The Morgan fingerprint density at radius 2 is 2.04 bits per heavy atom. The number of amides is 1. The van der Waals surface area contributed by atoms with Crippen molar-refractivity contribution in [2.24, 2.45) is 7.05 Å². The van der Waals surface area contributed by atoms with Gasteiger partial charge < -0.3 is 10.1 Å². The minimum absolute atomic E-state index is 0.0710. The van der Waals surface area contributed by atoms with Crippen LogP contribution in [0.5, 0.6) is 5.75 Å². The molecule has 2 aliphatic rings. The Bertz CT molecular complexity index is 784. The van der Waals surface area contributed by atoms with E-state index in [0.29, 0.717) is 11.5 Å². The highest BCUT2D eigenvalue weighted by atomic mass is 19.3. The SMILES string of the molecule is Cn1cc(C(=O)N[C@@H]2C[C@H]2c2ccc(OC(F)F)cc2)c(C2CC2)n1. The van der Waals surface area contributed by atoms with Gasteiger partial charge in [0.05, 0.1) is 11.3 Å². The second-order valence-electron chi connectivity index (χ2n) is 6.75. The molecule has 1 N–H and O–H groups in total. The number of halogens is 2. The molecule has 0 radical (unpaired) electrons. The lowest BCUT2D eigenvalue weighted by molar-refractivity contribution is -0.0498. The third-order valence-corrected chi connectivity index (χ3v) is 4.71. The number of aryl methyl sites for hydroxylation is 1. The van der Waals surface area contributed by atoms with Crippen LogP contribution in [0, 0.1) is 0 Å². The van der Waals surface area contributed by atoms with Gasteiger partial charge in [-0.2, -0.15) is 13.9 Å². The third-order valence-electron chi connectivity index (χ3n) is 4.71. The van der Waals surface area contributed by atoms with Crippen LogP contribution in [-0.2, 0) is 7.05 Å². The van der Waals surface area contributed by atoms with Crippen LogP contribution in [0.15, 0.2) is 30.5 Å². The molecule has 1 heterocycles. The van der Waals surface area contributed by atoms with Crippen LogP contribution >= 0.6 is 0 Å². The first-order valence-corrected chi connectivity index (χ1v) is 8.40. The Labute approximate surface area is 144 Å². The summed E-state index contributed by atoms with van der Waals surface area (Å²) in [4.78, 5) is 12.5. The number of rotatable bonds is 6. The van der Waals surface area contributed by atoms with Crippen molar-refractivity contribution in [3.8, 4) is 5.75 Å². The molecule has 0 unspecified atom stereocenters. The van der Waals surface area contributed by atoms with Crippen LogP contribution in [0.25, 0.3) is 0 Å². The summed E-state index contributed by atoms with van der Waals surface area (Å²) in [5.41, 5.74) is 2.57. The first-order valence-electron chi connectivity index (χ1n) is 8.40. The number of alkyl halides is 2. The van der Waals surface area contributed by atoms with E-state index in [1.165, 1.54) is 12.1 Å². The zero-order chi connectivity index (χ0) is 17.6. The molecule has 1 aromatic heterocycles. The van der Waals surface area contributed by atoms with E-state index in [-0.39, 0.29) is 23.6 Å². The monoisotopic (exact) mass is 347 g/mol. The molecule has 2 aromatic rings. The summed E-state index contributed by atoms with van der Waals surface area (Å²) < 4.78 is 30.4. The molecule has 0 saturated heterocycles. The van der Waals surface area contributed by atoms with Gasteiger partial charge in [-0.05, 0) is 37.0 Å². The summed E-state index contributed by atoms with van der Waals surface area (Å²) in [6, 6.07) is 6.68. The lowest BCUT2D eigenvalue weighted by Crippen LogP contribution is -2.27. The number of hydrogen-bond acceptors (Lipinski definition) is 3. The molecular weight excluding hydrogens is 328 g/mol. The summed E-state index contributed by atoms with van der Waals surface area (Å²) in [7, 11) is 1.83. The van der Waals surface area contributed by atoms with Crippen molar-refractivity contribution in [1.82, 2.24) is 15.1 Å². The van der Waals surface area contributed by atoms with Crippen molar-refractivity contribution < 1.29 is 18.3 Å². The highest BCUT2D eigenvalue weighted by Crippen LogP contribution is 2.43. The van der Waals surface area contributed by atoms with Crippen molar-refractivity contribution in [1.29, 1.82) is 0 Å². The Kier molecular flexibility index (Phi) is 3.94. The second-order valence-corrected chi connectivity index (χ2v) is 6.75. The summed E-state index contributed by atoms with van der Waals surface area (Å²) in [5.74, 6) is 0.689. The van der Waals surface area contributed by atoms with Crippen LogP contribution in [0.1, 0.15) is 52.7 Å². The number of nitrogens with zero attached hydrogens (tertiary/aromatic N) is 2. The van der Waals surface area contributed by atoms with E-state index >= 15 is 0 Å². The molecule has 2 aliphatic carbocycles. The van der Waals surface area contributed by atoms with E-state index in [0.717, 1.165) is 30.5 Å². The highest BCUT2D eigenvalue weighted by molar-refractivity contribution is 5.95. The first kappa shape index (κ1) is 16.1. The smallest absolute Gasteiger partial charge is 0.387 e. The second kappa shape index (κ2) is 6.13. The fourth-order valence-corrected chi connectivity index (χ4v) is 3.20. The molecule has 1 amide bonds. The maximum Gasteiger partial charge on any atom is 0.387 e. The van der Waals surface area contributed by atoms with Gasteiger partial charge in [0.1, 0.15) is 5.75 Å². The Hall–Kier alpha value is -2.44. The van der Waals surface area contributed by atoms with Gasteiger partial charge in [0.25, 0.3) is 5.91 Å². The van der Waals surface area contributed by atoms with Crippen LogP contribution in [-0.4, -0.2) is 28.3 Å². The predicted molar refractivity (Wildman–Crippen MR) is 86.9 cm³/mol. The van der Waals surface area contributed by atoms with Gasteiger partial charge in [0.15, 0.2) is 0 Å². The number of benzene rings is 1. The normalized spacial score (nSPS) is 22.1. The van der Waals surface area contributed by atoms with Gasteiger partial charge in [-0.15, -0.1) is 0 Å². The van der Waals surface area contributed by atoms with E-state index < -0.39 is 6.61 Å². The quantitative estimate of drug-likeness (QED) is 0.873. The van der Waals surface area contributed by atoms with E-state index in [9.17, 15) is 13.6 Å². The fourth-order valence-electron chi connectivity index (χ4n) is 3.20. The van der Waals surface area contributed by atoms with Crippen molar-refractivity contribution in [3.63, 3.8) is 0 Å². The topological polar surface area (TPSA) is 56.2 Å². The molecule has 4 rings (SSSR count). The Morgan fingerprint density at radius 1 is 1.32 bits per heavy atom. The average molecular weight is 347 g/mol. The Morgan fingerprint density at radius 3 is 2.68 bits per heavy atom. The number of ether oxygens (including phenoxy) is 1. The molecule has 25 heavy (non-hydrogen) atoms. The largest absolute Gasteiger partial charge is 0.435 e. The van der Waals surface area contributed by atoms with Crippen LogP contribution in [0.3, 0.4) is 0 Å². The first-order chi connectivity index (χ1) is 12.0. The molecule has 1 aromatic carbocycles. The molecule has 5 nitrogen and oxygen atoms in total. The van der Waals surface area contributed by atoms with Crippen LogP contribution < -0.4 is 10.1 Å². The molecule has 0 aliphatic heterocycles. The maximum atomic E-state index is 12.5. The van der Waals surface area contributed by atoms with Gasteiger partial charge >= 0.3 is 6.61 Å². The van der Waals surface area contributed by atoms with Crippen molar-refractivity contribution in [2.45, 2.75) is 43.8 Å². The van der Waals surface area contributed by atoms with Crippen LogP contribution in [0.2, 0.25) is 0 Å². The van der Waals surface area contributed by atoms with Gasteiger partial charge in [0, 0.05) is 31.1 Å². The number of aromatic nitrogens is 2. The average Bonchev–Trinajstić information content (AvgIpc) is 3.47. The third kappa shape index (κ3) is 3.50. The summed E-state index contributed by atoms with van der Waals surface area (Å²) in [6.45, 7) is -2.82. The molecular formula is C18H19F2N3O2. The number of carbonyl (C=O) groups excluding carboxylic acids is 1. The molecule has 0 bridgehead atoms. The lowest BCUT2D eigenvalue weighted by Gasteiger charge is -2.07. The summed E-state index contributed by atoms with van der Waals surface area (Å²) >= 11 is 0. The van der Waals surface area contributed by atoms with Crippen molar-refractivity contribution in [3.05, 3.63) is 47.3 Å². The minimum Gasteiger partial charge on any atom is -0.435 e. The zero-order valence-electron chi connectivity index (χ0n) is 13.8. The van der Waals surface area contributed by atoms with E-state index in [1.54, 1.807) is 23.0 Å². The summed E-state index contributed by atoms with van der Waals surface area (Å²) in [6.07, 6.45) is 4.81.